The van der Waals surface area contributed by atoms with Crippen LogP contribution in [0.5, 0.6) is 0 Å². The lowest BCUT2D eigenvalue weighted by Crippen LogP contribution is -2.50. The number of amides is 1. The van der Waals surface area contributed by atoms with Gasteiger partial charge in [-0.3, -0.25) is 4.79 Å². The van der Waals surface area contributed by atoms with Crippen molar-refractivity contribution in [2.75, 3.05) is 44.3 Å². The fraction of sp³-hybridized carbons (Fsp3) is 0.588. The molecule has 0 aromatic heterocycles. The van der Waals surface area contributed by atoms with E-state index in [1.54, 1.807) is 0 Å². The van der Waals surface area contributed by atoms with E-state index in [0.717, 1.165) is 37.8 Å². The zero-order chi connectivity index (χ0) is 15.5. The molecule has 3 rings (SSSR count). The Morgan fingerprint density at radius 1 is 1.27 bits per heavy atom. The summed E-state index contributed by atoms with van der Waals surface area (Å²) in [5, 5.41) is 0.757. The van der Waals surface area contributed by atoms with E-state index in [1.807, 2.05) is 23.1 Å². The number of carbonyl (C=O) groups is 1. The summed E-state index contributed by atoms with van der Waals surface area (Å²) >= 11 is 6.10. The molecule has 1 saturated carbocycles. The molecule has 2 aliphatic rings. The summed E-state index contributed by atoms with van der Waals surface area (Å²) in [6, 6.07) is 5.96. The third kappa shape index (κ3) is 3.93. The number of piperazine rings is 1. The monoisotopic (exact) mass is 322 g/mol. The van der Waals surface area contributed by atoms with E-state index in [9.17, 15) is 4.79 Å². The number of nitrogens with zero attached hydrogens (tertiary/aromatic N) is 2. The second-order valence-electron chi connectivity index (χ2n) is 6.26. The molecule has 2 fully saturated rings. The second-order valence-corrected chi connectivity index (χ2v) is 6.69. The van der Waals surface area contributed by atoms with Crippen LogP contribution in [-0.4, -0.2) is 50.2 Å². The van der Waals surface area contributed by atoms with Crippen molar-refractivity contribution in [3.8, 4) is 0 Å². The molecule has 0 bridgehead atoms. The number of hydrogen-bond donors (Lipinski definition) is 0. The Kier molecular flexibility index (Phi) is 4.89. The summed E-state index contributed by atoms with van der Waals surface area (Å²) in [6.45, 7) is 6.25. The van der Waals surface area contributed by atoms with Crippen LogP contribution in [0.1, 0.15) is 18.4 Å². The fourth-order valence-corrected chi connectivity index (χ4v) is 2.98. The number of ether oxygens (including phenoxy) is 1. The number of carbonyl (C=O) groups excluding carboxylic acids is 1. The van der Waals surface area contributed by atoms with Crippen molar-refractivity contribution < 1.29 is 9.53 Å². The lowest BCUT2D eigenvalue weighted by atomic mass is 10.1. The molecule has 1 aromatic rings. The molecule has 0 spiro atoms. The van der Waals surface area contributed by atoms with E-state index >= 15 is 0 Å². The predicted octanol–water partition coefficient (Wildman–Crippen LogP) is 2.72. The molecule has 1 heterocycles. The zero-order valence-electron chi connectivity index (χ0n) is 13.1. The topological polar surface area (TPSA) is 32.8 Å². The minimum absolute atomic E-state index is 0.114. The summed E-state index contributed by atoms with van der Waals surface area (Å²) in [4.78, 5) is 16.3. The van der Waals surface area contributed by atoms with Crippen LogP contribution in [0.3, 0.4) is 0 Å². The smallest absolute Gasteiger partial charge is 0.248 e. The second kappa shape index (κ2) is 6.88. The molecule has 5 heteroatoms. The van der Waals surface area contributed by atoms with Gasteiger partial charge in [0.05, 0.1) is 6.61 Å². The molecule has 0 radical (unpaired) electrons. The van der Waals surface area contributed by atoms with Crippen LogP contribution < -0.4 is 4.90 Å². The van der Waals surface area contributed by atoms with Crippen LogP contribution in [0.15, 0.2) is 18.2 Å². The number of aryl methyl sites for hydroxylation is 1. The third-order valence-corrected chi connectivity index (χ3v) is 4.66. The van der Waals surface area contributed by atoms with Crippen molar-refractivity contribution in [2.45, 2.75) is 19.8 Å². The van der Waals surface area contributed by atoms with Crippen molar-refractivity contribution in [2.24, 2.45) is 5.92 Å². The van der Waals surface area contributed by atoms with Gasteiger partial charge in [-0.25, -0.2) is 0 Å². The Balaban J connectivity index is 1.48. The minimum Gasteiger partial charge on any atom is -0.371 e. The van der Waals surface area contributed by atoms with Gasteiger partial charge >= 0.3 is 0 Å². The Bertz CT molecular complexity index is 537. The first kappa shape index (κ1) is 15.6. The number of halogens is 1. The highest BCUT2D eigenvalue weighted by Gasteiger charge is 2.24. The molecule has 4 nitrogen and oxygen atoms in total. The lowest BCUT2D eigenvalue weighted by Gasteiger charge is -2.36. The van der Waals surface area contributed by atoms with Crippen molar-refractivity contribution in [1.29, 1.82) is 0 Å². The van der Waals surface area contributed by atoms with Gasteiger partial charge in [-0.15, -0.1) is 0 Å². The number of hydrogen-bond acceptors (Lipinski definition) is 3. The summed E-state index contributed by atoms with van der Waals surface area (Å²) < 4.78 is 5.50. The largest absolute Gasteiger partial charge is 0.371 e. The fourth-order valence-electron chi connectivity index (χ4n) is 2.81. The van der Waals surface area contributed by atoms with Gasteiger partial charge in [0.15, 0.2) is 0 Å². The van der Waals surface area contributed by atoms with E-state index in [-0.39, 0.29) is 12.5 Å². The molecule has 0 N–H and O–H groups in total. The molecule has 1 saturated heterocycles. The Morgan fingerprint density at radius 3 is 2.68 bits per heavy atom. The van der Waals surface area contributed by atoms with Crippen molar-refractivity contribution in [1.82, 2.24) is 4.90 Å². The number of anilines is 1. The average molecular weight is 323 g/mol. The van der Waals surface area contributed by atoms with Gasteiger partial charge in [0.25, 0.3) is 0 Å². The number of rotatable bonds is 5. The maximum Gasteiger partial charge on any atom is 0.248 e. The maximum atomic E-state index is 12.1. The molecule has 120 valence electrons. The van der Waals surface area contributed by atoms with Gasteiger partial charge in [-0.05, 0) is 43.4 Å². The van der Waals surface area contributed by atoms with Crippen molar-refractivity contribution in [3.05, 3.63) is 28.8 Å². The third-order valence-electron chi connectivity index (χ3n) is 4.42. The molecule has 1 aliphatic carbocycles. The van der Waals surface area contributed by atoms with Gasteiger partial charge in [-0.1, -0.05) is 17.7 Å². The Hall–Kier alpha value is -1.26. The highest BCUT2D eigenvalue weighted by Crippen LogP contribution is 2.29. The maximum absolute atomic E-state index is 12.1. The van der Waals surface area contributed by atoms with E-state index in [1.165, 1.54) is 24.1 Å². The summed E-state index contributed by atoms with van der Waals surface area (Å²) in [5.74, 6) is 0.818. The van der Waals surface area contributed by atoms with Gasteiger partial charge in [0.2, 0.25) is 5.91 Å². The first-order valence-electron chi connectivity index (χ1n) is 8.00. The molecule has 0 unspecified atom stereocenters. The lowest BCUT2D eigenvalue weighted by molar-refractivity contribution is -0.136. The SMILES string of the molecule is Cc1ccc(Cl)cc1N1CCN(C(=O)COCC2CC2)CC1. The average Bonchev–Trinajstić information content (AvgIpc) is 3.34. The van der Waals surface area contributed by atoms with Crippen LogP contribution in [-0.2, 0) is 9.53 Å². The normalized spacial score (nSPS) is 18.6. The van der Waals surface area contributed by atoms with Crippen LogP contribution in [0.25, 0.3) is 0 Å². The van der Waals surface area contributed by atoms with Crippen molar-refractivity contribution in [3.63, 3.8) is 0 Å². The molecular weight excluding hydrogens is 300 g/mol. The van der Waals surface area contributed by atoms with Gasteiger partial charge in [-0.2, -0.15) is 0 Å². The molecule has 1 amide bonds. The minimum atomic E-state index is 0.114. The van der Waals surface area contributed by atoms with Gasteiger partial charge in [0, 0.05) is 36.9 Å². The quantitative estimate of drug-likeness (QED) is 0.835. The van der Waals surface area contributed by atoms with Crippen LogP contribution >= 0.6 is 11.6 Å². The van der Waals surface area contributed by atoms with Gasteiger partial charge in [0.1, 0.15) is 6.61 Å². The highest BCUT2D eigenvalue weighted by molar-refractivity contribution is 6.30. The molecule has 1 aliphatic heterocycles. The summed E-state index contributed by atoms with van der Waals surface area (Å²) in [5.41, 5.74) is 2.39. The summed E-state index contributed by atoms with van der Waals surface area (Å²) in [7, 11) is 0. The number of benzene rings is 1. The van der Waals surface area contributed by atoms with E-state index in [0.29, 0.717) is 5.92 Å². The molecule has 0 atom stereocenters. The van der Waals surface area contributed by atoms with E-state index < -0.39 is 0 Å². The molecular formula is C17H23ClN2O2. The standard InChI is InChI=1S/C17H23ClN2O2/c1-13-2-5-15(18)10-16(13)19-6-8-20(9-7-19)17(21)12-22-11-14-3-4-14/h2,5,10,14H,3-4,6-9,11-12H2,1H3. The first-order valence-corrected chi connectivity index (χ1v) is 8.38. The Labute approximate surface area is 137 Å². The van der Waals surface area contributed by atoms with E-state index in [2.05, 4.69) is 11.8 Å². The highest BCUT2D eigenvalue weighted by atomic mass is 35.5. The van der Waals surface area contributed by atoms with Crippen LogP contribution in [0.2, 0.25) is 5.02 Å². The predicted molar refractivity (Wildman–Crippen MR) is 88.5 cm³/mol. The van der Waals surface area contributed by atoms with Crippen LogP contribution in [0.4, 0.5) is 5.69 Å². The Morgan fingerprint density at radius 2 is 2.00 bits per heavy atom. The molecule has 22 heavy (non-hydrogen) atoms. The van der Waals surface area contributed by atoms with E-state index in [4.69, 9.17) is 16.3 Å². The van der Waals surface area contributed by atoms with Gasteiger partial charge < -0.3 is 14.5 Å². The molecule has 1 aromatic carbocycles. The van der Waals surface area contributed by atoms with Crippen molar-refractivity contribution >= 4 is 23.2 Å². The first-order chi connectivity index (χ1) is 10.6. The summed E-state index contributed by atoms with van der Waals surface area (Å²) in [6.07, 6.45) is 2.51. The van der Waals surface area contributed by atoms with Crippen LogP contribution in [0, 0.1) is 12.8 Å². The zero-order valence-corrected chi connectivity index (χ0v) is 13.8.